The quantitative estimate of drug-likeness (QED) is 0.424. The van der Waals surface area contributed by atoms with E-state index in [4.69, 9.17) is 0 Å². The highest BCUT2D eigenvalue weighted by molar-refractivity contribution is 5.70. The zero-order valence-corrected chi connectivity index (χ0v) is 3.13. The Morgan fingerprint density at radius 2 is 2.50 bits per heavy atom. The second kappa shape index (κ2) is 1.45. The van der Waals surface area contributed by atoms with Crippen LogP contribution in [0.5, 0.6) is 0 Å². The van der Waals surface area contributed by atoms with Gasteiger partial charge < -0.3 is 0 Å². The molecule has 0 saturated carbocycles. The van der Waals surface area contributed by atoms with E-state index in [0.717, 1.165) is 0 Å². The van der Waals surface area contributed by atoms with Crippen molar-refractivity contribution in [1.29, 1.82) is 0 Å². The van der Waals surface area contributed by atoms with E-state index in [-0.39, 0.29) is 0 Å². The SMILES string of the molecule is C1=C[N]NN=C1. The fraction of sp³-hybridized carbons (Fsp3) is 0. The molecule has 31 valence electrons. The minimum Gasteiger partial charge on any atom is -0.198 e. The van der Waals surface area contributed by atoms with Crippen LogP contribution >= 0.6 is 0 Å². The van der Waals surface area contributed by atoms with Gasteiger partial charge in [-0.2, -0.15) is 16.1 Å². The van der Waals surface area contributed by atoms with E-state index in [1.54, 1.807) is 18.5 Å². The van der Waals surface area contributed by atoms with Crippen LogP contribution in [0.15, 0.2) is 17.4 Å². The molecule has 0 bridgehead atoms. The van der Waals surface area contributed by atoms with E-state index < -0.39 is 0 Å². The summed E-state index contributed by atoms with van der Waals surface area (Å²) in [5.74, 6) is 0. The van der Waals surface area contributed by atoms with Crippen molar-refractivity contribution in [3.8, 4) is 0 Å². The Labute approximate surface area is 35.7 Å². The van der Waals surface area contributed by atoms with Crippen molar-refractivity contribution >= 4 is 6.21 Å². The van der Waals surface area contributed by atoms with Crippen LogP contribution in [0.1, 0.15) is 0 Å². The summed E-state index contributed by atoms with van der Waals surface area (Å²) >= 11 is 0. The minimum absolute atomic E-state index is 1.63. The predicted octanol–water partition coefficient (Wildman–Crippen LogP) is -0.392. The lowest BCUT2D eigenvalue weighted by Crippen LogP contribution is -2.14. The molecular weight excluding hydrogens is 78.1 g/mol. The number of hydrogen-bond acceptors (Lipinski definition) is 2. The molecule has 0 fully saturated rings. The predicted molar refractivity (Wildman–Crippen MR) is 22.9 cm³/mol. The maximum absolute atomic E-state index is 3.55. The van der Waals surface area contributed by atoms with E-state index in [1.165, 1.54) is 0 Å². The lowest BCUT2D eigenvalue weighted by molar-refractivity contribution is 0.650. The average molecular weight is 82.1 g/mol. The molecule has 0 saturated heterocycles. The Bertz CT molecular complexity index is 72.0. The summed E-state index contributed by atoms with van der Waals surface area (Å²) in [6.07, 6.45) is 5.01. The first-order valence-corrected chi connectivity index (χ1v) is 1.63. The molecule has 1 radical (unpaired) electrons. The standard InChI is InChI=1S/C3H4N3/c1-2-4-6-5-3-1/h1-3,6H. The highest BCUT2D eigenvalue weighted by Crippen LogP contribution is 1.67. The second-order valence-corrected chi connectivity index (χ2v) is 0.849. The van der Waals surface area contributed by atoms with Gasteiger partial charge in [-0.15, -0.1) is 0 Å². The molecular formula is C3H4N3. The smallest absolute Gasteiger partial charge is 0.0504 e. The number of rotatable bonds is 0. The molecule has 0 aromatic carbocycles. The number of hydrogen-bond donors (Lipinski definition) is 1. The minimum atomic E-state index is 1.63. The van der Waals surface area contributed by atoms with E-state index in [2.05, 4.69) is 16.1 Å². The van der Waals surface area contributed by atoms with E-state index in [9.17, 15) is 0 Å². The third-order valence-electron chi connectivity index (χ3n) is 0.437. The average Bonchev–Trinajstić information content (AvgIpc) is 1.72. The maximum atomic E-state index is 3.55. The third kappa shape index (κ3) is 0.484. The molecule has 0 spiro atoms. The lowest BCUT2D eigenvalue weighted by atomic mass is 10.7. The molecule has 0 aromatic rings. The van der Waals surface area contributed by atoms with Gasteiger partial charge in [-0.25, -0.2) is 0 Å². The zero-order valence-electron chi connectivity index (χ0n) is 3.13. The van der Waals surface area contributed by atoms with Gasteiger partial charge in [0, 0.05) is 0 Å². The molecule has 1 aliphatic rings. The first kappa shape index (κ1) is 3.21. The molecule has 1 N–H and O–H groups in total. The van der Waals surface area contributed by atoms with Crippen molar-refractivity contribution in [3.63, 3.8) is 0 Å². The van der Waals surface area contributed by atoms with Gasteiger partial charge in [-0.3, -0.25) is 0 Å². The molecule has 0 aromatic heterocycles. The fourth-order valence-electron chi connectivity index (χ4n) is 0.225. The Morgan fingerprint density at radius 3 is 2.67 bits per heavy atom. The third-order valence-corrected chi connectivity index (χ3v) is 0.437. The van der Waals surface area contributed by atoms with E-state index >= 15 is 0 Å². The summed E-state index contributed by atoms with van der Waals surface area (Å²) < 4.78 is 0. The molecule has 3 heteroatoms. The van der Waals surface area contributed by atoms with Gasteiger partial charge in [0.1, 0.15) is 0 Å². The number of nitrogens with one attached hydrogen (secondary N) is 1. The highest BCUT2D eigenvalue weighted by Gasteiger charge is 1.74. The summed E-state index contributed by atoms with van der Waals surface area (Å²) in [6.45, 7) is 0. The molecule has 0 amide bonds. The van der Waals surface area contributed by atoms with Gasteiger partial charge in [0.2, 0.25) is 0 Å². The van der Waals surface area contributed by atoms with Crippen LogP contribution in [0.3, 0.4) is 0 Å². The number of allylic oxidation sites excluding steroid dienone is 1. The Kier molecular flexibility index (Phi) is 0.774. The molecule has 0 aliphatic carbocycles. The van der Waals surface area contributed by atoms with Crippen molar-refractivity contribution in [2.75, 3.05) is 0 Å². The Balaban J connectivity index is 2.46. The summed E-state index contributed by atoms with van der Waals surface area (Å²) in [5, 5.41) is 3.55. The van der Waals surface area contributed by atoms with Crippen molar-refractivity contribution < 1.29 is 0 Å². The fourth-order valence-corrected chi connectivity index (χ4v) is 0.225. The van der Waals surface area contributed by atoms with E-state index in [0.29, 0.717) is 0 Å². The molecule has 0 unspecified atom stereocenters. The zero-order chi connectivity index (χ0) is 4.24. The van der Waals surface area contributed by atoms with Crippen LogP contribution in [0.2, 0.25) is 0 Å². The van der Waals surface area contributed by atoms with Gasteiger partial charge in [0.05, 0.1) is 12.4 Å². The van der Waals surface area contributed by atoms with Crippen LogP contribution in [0.4, 0.5) is 0 Å². The van der Waals surface area contributed by atoms with Crippen LogP contribution < -0.4 is 11.0 Å². The number of hydrazone groups is 1. The van der Waals surface area contributed by atoms with Crippen LogP contribution in [-0.2, 0) is 0 Å². The van der Waals surface area contributed by atoms with Crippen molar-refractivity contribution in [2.45, 2.75) is 0 Å². The summed E-state index contributed by atoms with van der Waals surface area (Å²) in [7, 11) is 0. The topological polar surface area (TPSA) is 38.5 Å². The summed E-state index contributed by atoms with van der Waals surface area (Å²) in [6, 6.07) is 0. The lowest BCUT2D eigenvalue weighted by Gasteiger charge is -1.93. The van der Waals surface area contributed by atoms with Crippen molar-refractivity contribution in [3.05, 3.63) is 12.3 Å². The van der Waals surface area contributed by atoms with Crippen LogP contribution in [0, 0.1) is 0 Å². The molecule has 1 aliphatic heterocycles. The normalized spacial score (nSPS) is 16.0. The van der Waals surface area contributed by atoms with Gasteiger partial charge in [0.25, 0.3) is 0 Å². The van der Waals surface area contributed by atoms with Gasteiger partial charge in [-0.1, -0.05) is 0 Å². The van der Waals surface area contributed by atoms with Crippen molar-refractivity contribution in [1.82, 2.24) is 11.0 Å². The van der Waals surface area contributed by atoms with Crippen LogP contribution in [-0.4, -0.2) is 6.21 Å². The summed E-state index contributed by atoms with van der Waals surface area (Å²) in [4.78, 5) is 0. The molecule has 1 rings (SSSR count). The van der Waals surface area contributed by atoms with Gasteiger partial charge in [-0.05, 0) is 6.08 Å². The largest absolute Gasteiger partial charge is 0.198 e. The Morgan fingerprint density at radius 1 is 1.50 bits per heavy atom. The highest BCUT2D eigenvalue weighted by atomic mass is 15.5. The molecule has 0 atom stereocenters. The van der Waals surface area contributed by atoms with Gasteiger partial charge >= 0.3 is 0 Å². The first-order chi connectivity index (χ1) is 3.00. The maximum Gasteiger partial charge on any atom is 0.0504 e. The second-order valence-electron chi connectivity index (χ2n) is 0.849. The summed E-state index contributed by atoms with van der Waals surface area (Å²) in [5.41, 5.74) is 5.94. The Hall–Kier alpha value is -0.990. The van der Waals surface area contributed by atoms with Crippen molar-refractivity contribution in [2.24, 2.45) is 5.10 Å². The van der Waals surface area contributed by atoms with E-state index in [1.807, 2.05) is 0 Å². The molecule has 6 heavy (non-hydrogen) atoms. The molecule has 3 nitrogen and oxygen atoms in total. The first-order valence-electron chi connectivity index (χ1n) is 1.63. The number of nitrogens with zero attached hydrogens (tertiary/aromatic N) is 2. The molecule has 1 heterocycles. The van der Waals surface area contributed by atoms with Gasteiger partial charge in [0.15, 0.2) is 0 Å². The monoisotopic (exact) mass is 82.0 g/mol. The van der Waals surface area contributed by atoms with Crippen LogP contribution in [0.25, 0.3) is 0 Å².